The van der Waals surface area contributed by atoms with Crippen molar-refractivity contribution in [2.45, 2.75) is 13.5 Å². The van der Waals surface area contributed by atoms with Gasteiger partial charge in [0.05, 0.1) is 5.56 Å². The Hall–Kier alpha value is -3.02. The summed E-state index contributed by atoms with van der Waals surface area (Å²) in [7, 11) is 0. The van der Waals surface area contributed by atoms with Gasteiger partial charge in [-0.25, -0.2) is 8.78 Å². The Balaban J connectivity index is 1.94. The van der Waals surface area contributed by atoms with Gasteiger partial charge in [0.15, 0.2) is 0 Å². The van der Waals surface area contributed by atoms with Crippen LogP contribution in [-0.2, 0) is 0 Å². The maximum absolute atomic E-state index is 14.5. The van der Waals surface area contributed by atoms with E-state index in [0.29, 0.717) is 16.3 Å². The fourth-order valence-electron chi connectivity index (χ4n) is 2.71. The molecule has 3 rings (SSSR count). The van der Waals surface area contributed by atoms with Crippen LogP contribution in [0.4, 0.5) is 17.6 Å². The standard InChI is InChI=1S/C21H16F4O2/c1-2-3-8-26-17-11-18(22)20(19(23)12-17)15-5-4-14-10-16(27-21(24)25)7-6-13(14)9-15/h2-7,9-12,21H,8H2,1H3. The summed E-state index contributed by atoms with van der Waals surface area (Å²) < 4.78 is 63.2. The zero-order chi connectivity index (χ0) is 19.4. The molecule has 2 nitrogen and oxygen atoms in total. The third kappa shape index (κ3) is 4.39. The number of benzene rings is 3. The van der Waals surface area contributed by atoms with Crippen molar-refractivity contribution < 1.29 is 27.0 Å². The quantitative estimate of drug-likeness (QED) is 0.369. The first-order valence-corrected chi connectivity index (χ1v) is 8.20. The highest BCUT2D eigenvalue weighted by atomic mass is 19.3. The van der Waals surface area contributed by atoms with Gasteiger partial charge >= 0.3 is 6.61 Å². The summed E-state index contributed by atoms with van der Waals surface area (Å²) in [5, 5.41) is 1.25. The highest BCUT2D eigenvalue weighted by molar-refractivity contribution is 5.88. The molecule has 3 aromatic rings. The van der Waals surface area contributed by atoms with Crippen molar-refractivity contribution in [3.63, 3.8) is 0 Å². The molecule has 0 unspecified atom stereocenters. The van der Waals surface area contributed by atoms with Gasteiger partial charge in [0.1, 0.15) is 29.7 Å². The number of fused-ring (bicyclic) bond motifs is 1. The van der Waals surface area contributed by atoms with Gasteiger partial charge in [0, 0.05) is 12.1 Å². The maximum Gasteiger partial charge on any atom is 0.387 e. The Morgan fingerprint density at radius 2 is 1.56 bits per heavy atom. The second-order valence-corrected chi connectivity index (χ2v) is 5.74. The van der Waals surface area contributed by atoms with Crippen LogP contribution in [0.25, 0.3) is 21.9 Å². The Kier molecular flexibility index (Phi) is 5.64. The zero-order valence-corrected chi connectivity index (χ0v) is 14.4. The monoisotopic (exact) mass is 376 g/mol. The maximum atomic E-state index is 14.5. The molecule has 0 aromatic heterocycles. The topological polar surface area (TPSA) is 18.5 Å². The molecule has 0 bridgehead atoms. The van der Waals surface area contributed by atoms with Gasteiger partial charge in [0.2, 0.25) is 0 Å². The van der Waals surface area contributed by atoms with Gasteiger partial charge in [-0.15, -0.1) is 0 Å². The Morgan fingerprint density at radius 3 is 2.22 bits per heavy atom. The highest BCUT2D eigenvalue weighted by Gasteiger charge is 2.15. The van der Waals surface area contributed by atoms with Crippen LogP contribution in [-0.4, -0.2) is 13.2 Å². The third-order valence-electron chi connectivity index (χ3n) is 3.92. The number of rotatable bonds is 6. The van der Waals surface area contributed by atoms with E-state index in [9.17, 15) is 17.6 Å². The molecule has 0 saturated carbocycles. The van der Waals surface area contributed by atoms with E-state index in [2.05, 4.69) is 4.74 Å². The lowest BCUT2D eigenvalue weighted by Crippen LogP contribution is -2.01. The SMILES string of the molecule is CC=CCOc1cc(F)c(-c2ccc3cc(OC(F)F)ccc3c2)c(F)c1. The normalized spacial score (nSPS) is 11.5. The fraction of sp³-hybridized carbons (Fsp3) is 0.143. The van der Waals surface area contributed by atoms with Crippen molar-refractivity contribution in [1.82, 2.24) is 0 Å². The summed E-state index contributed by atoms with van der Waals surface area (Å²) in [5.74, 6) is -1.38. The van der Waals surface area contributed by atoms with Crippen LogP contribution in [0.15, 0.2) is 60.7 Å². The predicted octanol–water partition coefficient (Wildman–Crippen LogP) is 6.34. The largest absolute Gasteiger partial charge is 0.489 e. The van der Waals surface area contributed by atoms with Crippen LogP contribution < -0.4 is 9.47 Å². The van der Waals surface area contributed by atoms with Gasteiger partial charge in [-0.1, -0.05) is 30.4 Å². The Bertz CT molecular complexity index is 960. The molecule has 0 radical (unpaired) electrons. The molecular weight excluding hydrogens is 360 g/mol. The van der Waals surface area contributed by atoms with Gasteiger partial charge in [0.25, 0.3) is 0 Å². The minimum Gasteiger partial charge on any atom is -0.489 e. The van der Waals surface area contributed by atoms with Crippen molar-refractivity contribution in [3.05, 3.63) is 72.3 Å². The molecule has 0 fully saturated rings. The lowest BCUT2D eigenvalue weighted by atomic mass is 10.00. The zero-order valence-electron chi connectivity index (χ0n) is 14.4. The van der Waals surface area contributed by atoms with E-state index in [1.807, 2.05) is 6.92 Å². The lowest BCUT2D eigenvalue weighted by Gasteiger charge is -2.11. The van der Waals surface area contributed by atoms with Gasteiger partial charge in [-0.05, 0) is 41.5 Å². The smallest absolute Gasteiger partial charge is 0.387 e. The molecule has 27 heavy (non-hydrogen) atoms. The van der Waals surface area contributed by atoms with Crippen LogP contribution in [0.1, 0.15) is 6.92 Å². The van der Waals surface area contributed by atoms with Crippen molar-refractivity contribution in [1.29, 1.82) is 0 Å². The summed E-state index contributed by atoms with van der Waals surface area (Å²) in [5.41, 5.74) is 0.156. The average molecular weight is 376 g/mol. The number of alkyl halides is 2. The Morgan fingerprint density at radius 1 is 0.889 bits per heavy atom. The van der Waals surface area contributed by atoms with E-state index in [1.165, 1.54) is 18.2 Å². The summed E-state index contributed by atoms with van der Waals surface area (Å²) in [6.45, 7) is -0.887. The number of halogens is 4. The van der Waals surface area contributed by atoms with E-state index in [-0.39, 0.29) is 23.7 Å². The molecule has 6 heteroatoms. The van der Waals surface area contributed by atoms with Crippen LogP contribution in [0.5, 0.6) is 11.5 Å². The molecule has 0 amide bonds. The lowest BCUT2D eigenvalue weighted by molar-refractivity contribution is -0.0497. The molecular formula is C21H16F4O2. The molecule has 0 heterocycles. The highest BCUT2D eigenvalue weighted by Crippen LogP contribution is 2.33. The molecule has 0 aliphatic carbocycles. The van der Waals surface area contributed by atoms with Crippen molar-refractivity contribution in [2.24, 2.45) is 0 Å². The molecule has 0 spiro atoms. The van der Waals surface area contributed by atoms with Crippen LogP contribution in [0.3, 0.4) is 0 Å². The van der Waals surface area contributed by atoms with Crippen molar-refractivity contribution in [3.8, 4) is 22.6 Å². The molecule has 0 N–H and O–H groups in total. The van der Waals surface area contributed by atoms with E-state index in [1.54, 1.807) is 30.4 Å². The number of hydrogen-bond donors (Lipinski definition) is 0. The average Bonchev–Trinajstić information content (AvgIpc) is 2.61. The summed E-state index contributed by atoms with van der Waals surface area (Å²) >= 11 is 0. The minimum atomic E-state index is -2.92. The molecule has 0 aliphatic heterocycles. The van der Waals surface area contributed by atoms with Gasteiger partial charge < -0.3 is 9.47 Å². The fourth-order valence-corrected chi connectivity index (χ4v) is 2.71. The molecule has 3 aromatic carbocycles. The predicted molar refractivity (Wildman–Crippen MR) is 96.2 cm³/mol. The van der Waals surface area contributed by atoms with Crippen LogP contribution in [0, 0.1) is 11.6 Å². The van der Waals surface area contributed by atoms with Gasteiger partial charge in [-0.3, -0.25) is 0 Å². The second kappa shape index (κ2) is 8.12. The first-order chi connectivity index (χ1) is 13.0. The van der Waals surface area contributed by atoms with E-state index in [4.69, 9.17) is 4.74 Å². The first kappa shape index (κ1) is 18.8. The summed E-state index contributed by atoms with van der Waals surface area (Å²) in [6.07, 6.45) is 3.49. The minimum absolute atomic E-state index is 0.0187. The summed E-state index contributed by atoms with van der Waals surface area (Å²) in [6, 6.07) is 11.3. The summed E-state index contributed by atoms with van der Waals surface area (Å²) in [4.78, 5) is 0. The first-order valence-electron chi connectivity index (χ1n) is 8.20. The van der Waals surface area contributed by atoms with Crippen LogP contribution >= 0.6 is 0 Å². The Labute approximate surface area is 153 Å². The molecule has 0 atom stereocenters. The third-order valence-corrected chi connectivity index (χ3v) is 3.92. The number of ether oxygens (including phenoxy) is 2. The molecule has 140 valence electrons. The second-order valence-electron chi connectivity index (χ2n) is 5.74. The van der Waals surface area contributed by atoms with Crippen molar-refractivity contribution in [2.75, 3.05) is 6.61 Å². The van der Waals surface area contributed by atoms with E-state index < -0.39 is 18.2 Å². The van der Waals surface area contributed by atoms with Crippen molar-refractivity contribution >= 4 is 10.8 Å². The molecule has 0 aliphatic rings. The van der Waals surface area contributed by atoms with E-state index >= 15 is 0 Å². The number of allylic oxidation sites excluding steroid dienone is 1. The number of hydrogen-bond acceptors (Lipinski definition) is 2. The van der Waals surface area contributed by atoms with E-state index in [0.717, 1.165) is 12.1 Å². The molecule has 0 saturated heterocycles. The van der Waals surface area contributed by atoms with Gasteiger partial charge in [-0.2, -0.15) is 8.78 Å². The van der Waals surface area contributed by atoms with Crippen LogP contribution in [0.2, 0.25) is 0 Å².